The molecule has 0 radical (unpaired) electrons. The van der Waals surface area contributed by atoms with E-state index in [1.54, 1.807) is 0 Å². The van der Waals surface area contributed by atoms with Crippen molar-refractivity contribution < 1.29 is 9.32 Å². The lowest BCUT2D eigenvalue weighted by atomic mass is 9.64. The van der Waals surface area contributed by atoms with Crippen LogP contribution in [0, 0.1) is 23.2 Å². The Bertz CT molecular complexity index is 1710. The second-order valence-corrected chi connectivity index (χ2v) is 15.3. The van der Waals surface area contributed by atoms with Gasteiger partial charge in [0.25, 0.3) is 0 Å². The second-order valence-electron chi connectivity index (χ2n) is 14.2. The topological polar surface area (TPSA) is 128 Å². The number of hydrogen-bond donors (Lipinski definition) is 1. The highest BCUT2D eigenvalue weighted by atomic mass is 32.1. The zero-order valence-electron chi connectivity index (χ0n) is 26.6. The third-order valence-electron chi connectivity index (χ3n) is 11.7. The first kappa shape index (κ1) is 29.6. The number of nitrogen functional groups attached to an aromatic ring is 1. The summed E-state index contributed by atoms with van der Waals surface area (Å²) < 4.78 is 6.03. The molecule has 3 aromatic rings. The summed E-state index contributed by atoms with van der Waals surface area (Å²) in [7, 11) is 0. The number of nitrogens with two attached hydrogens (primary N) is 1. The number of thiophene rings is 1. The van der Waals surface area contributed by atoms with E-state index < -0.39 is 5.41 Å². The Hall–Kier alpha value is -3.75. The summed E-state index contributed by atoms with van der Waals surface area (Å²) in [5, 5.41) is 15.0. The molecule has 2 unspecified atom stereocenters. The van der Waals surface area contributed by atoms with Crippen LogP contribution >= 0.6 is 11.3 Å². The van der Waals surface area contributed by atoms with Gasteiger partial charge in [-0.05, 0) is 87.0 Å². The molecule has 2 saturated heterocycles. The van der Waals surface area contributed by atoms with Gasteiger partial charge in [-0.15, -0.1) is 11.3 Å². The summed E-state index contributed by atoms with van der Waals surface area (Å²) in [6.45, 7) is 11.4. The molecule has 0 aromatic carbocycles. The quantitative estimate of drug-likeness (QED) is 0.367. The average Bonchev–Trinajstić information content (AvgIpc) is 3.88. The maximum atomic E-state index is 12.4. The third kappa shape index (κ3) is 4.83. The minimum atomic E-state index is -0.582. The lowest BCUT2D eigenvalue weighted by molar-refractivity contribution is -0.125. The molecule has 5 heterocycles. The van der Waals surface area contributed by atoms with Crippen LogP contribution in [0.1, 0.15) is 85.2 Å². The van der Waals surface area contributed by atoms with Gasteiger partial charge >= 0.3 is 0 Å². The maximum absolute atomic E-state index is 12.4. The summed E-state index contributed by atoms with van der Waals surface area (Å²) >= 11 is 1.51. The summed E-state index contributed by atoms with van der Waals surface area (Å²) in [6, 6.07) is 7.49. The fourth-order valence-electron chi connectivity index (χ4n) is 9.07. The fourth-order valence-corrected chi connectivity index (χ4v) is 10.3. The predicted molar refractivity (Wildman–Crippen MR) is 178 cm³/mol. The van der Waals surface area contributed by atoms with Crippen LogP contribution in [0.3, 0.4) is 0 Å². The van der Waals surface area contributed by atoms with Gasteiger partial charge in [-0.3, -0.25) is 9.69 Å². The van der Waals surface area contributed by atoms with Crippen molar-refractivity contribution in [2.24, 2.45) is 11.8 Å². The van der Waals surface area contributed by atoms with Crippen LogP contribution in [0.2, 0.25) is 0 Å². The molecule has 3 aromatic heterocycles. The fraction of sp³-hybridized carbons (Fsp3) is 0.571. The van der Waals surface area contributed by atoms with E-state index in [2.05, 4.69) is 46.7 Å². The van der Waals surface area contributed by atoms with E-state index in [-0.39, 0.29) is 5.91 Å². The van der Waals surface area contributed by atoms with Gasteiger partial charge in [0, 0.05) is 55.8 Å². The Kier molecular flexibility index (Phi) is 7.41. The van der Waals surface area contributed by atoms with Crippen LogP contribution in [0.25, 0.3) is 11.5 Å². The van der Waals surface area contributed by atoms with Gasteiger partial charge in [-0.25, -0.2) is 4.98 Å². The monoisotopic (exact) mass is 638 g/mol. The number of nitriles is 1. The van der Waals surface area contributed by atoms with Crippen molar-refractivity contribution in [2.75, 3.05) is 49.9 Å². The van der Waals surface area contributed by atoms with E-state index >= 15 is 0 Å². The summed E-state index contributed by atoms with van der Waals surface area (Å²) in [5.74, 6) is 3.28. The van der Waals surface area contributed by atoms with Gasteiger partial charge in [-0.2, -0.15) is 10.2 Å². The predicted octanol–water partition coefficient (Wildman–Crippen LogP) is 5.10. The number of nitrogens with zero attached hydrogens (tertiary/aromatic N) is 7. The van der Waals surface area contributed by atoms with Crippen LogP contribution < -0.4 is 10.6 Å². The van der Waals surface area contributed by atoms with E-state index in [1.165, 1.54) is 48.7 Å². The summed E-state index contributed by atoms with van der Waals surface area (Å²) in [6.07, 6.45) is 10.5. The highest BCUT2D eigenvalue weighted by Crippen LogP contribution is 2.52. The number of aryl methyl sites for hydroxylation is 1. The number of fused-ring (bicyclic) bond motifs is 2. The molecule has 46 heavy (non-hydrogen) atoms. The minimum Gasteiger partial charge on any atom is -0.389 e. The van der Waals surface area contributed by atoms with E-state index in [1.807, 2.05) is 4.90 Å². The van der Waals surface area contributed by atoms with Gasteiger partial charge in [0.1, 0.15) is 22.6 Å². The van der Waals surface area contributed by atoms with Crippen LogP contribution in [-0.2, 0) is 16.6 Å². The molecule has 5 aliphatic rings. The highest BCUT2D eigenvalue weighted by Gasteiger charge is 2.49. The Morgan fingerprint density at radius 2 is 1.98 bits per heavy atom. The van der Waals surface area contributed by atoms with E-state index in [4.69, 9.17) is 20.2 Å². The van der Waals surface area contributed by atoms with Crippen molar-refractivity contribution in [3.05, 3.63) is 52.2 Å². The second kappa shape index (κ2) is 11.5. The Balaban J connectivity index is 1.12. The number of carbonyl (C=O) groups excluding carboxylic acids is 1. The smallest absolute Gasteiger partial charge is 0.245 e. The molecule has 4 fully saturated rings. The van der Waals surface area contributed by atoms with Crippen molar-refractivity contribution in [3.63, 3.8) is 0 Å². The van der Waals surface area contributed by atoms with Crippen molar-refractivity contribution in [2.45, 2.75) is 75.7 Å². The Morgan fingerprint density at radius 1 is 1.17 bits per heavy atom. The molecule has 0 bridgehead atoms. The average molecular weight is 639 g/mol. The number of aromatic nitrogens is 3. The van der Waals surface area contributed by atoms with Crippen LogP contribution in [0.4, 0.5) is 10.8 Å². The third-order valence-corrected chi connectivity index (χ3v) is 12.8. The lowest BCUT2D eigenvalue weighted by Gasteiger charge is -2.41. The SMILES string of the molecule is C=CC(=O)N1C[C@@H]2CC(c3cc(-c4noc(C5(C)CCCc6sc(N)c(C#N)c65)n4)nc(N4CCN(C5CCCC5)CC4)c3)[C@@H]2C1. The van der Waals surface area contributed by atoms with Crippen LogP contribution in [0.15, 0.2) is 29.3 Å². The molecule has 2 N–H and O–H groups in total. The van der Waals surface area contributed by atoms with E-state index in [0.29, 0.717) is 45.7 Å². The molecular weight excluding hydrogens is 597 g/mol. The number of rotatable bonds is 6. The maximum Gasteiger partial charge on any atom is 0.245 e. The molecule has 1 amide bonds. The van der Waals surface area contributed by atoms with Gasteiger partial charge in [0.05, 0.1) is 11.0 Å². The molecule has 8 rings (SSSR count). The van der Waals surface area contributed by atoms with Gasteiger partial charge in [-0.1, -0.05) is 24.6 Å². The molecule has 240 valence electrons. The molecule has 2 aliphatic heterocycles. The number of carbonyl (C=O) groups is 1. The number of likely N-dealkylation sites (tertiary alicyclic amines) is 1. The number of hydrogen-bond acceptors (Lipinski definition) is 10. The molecule has 10 nitrogen and oxygen atoms in total. The van der Waals surface area contributed by atoms with Gasteiger partial charge in [0.15, 0.2) is 0 Å². The van der Waals surface area contributed by atoms with E-state index in [9.17, 15) is 10.1 Å². The van der Waals surface area contributed by atoms with Crippen molar-refractivity contribution >= 4 is 28.1 Å². The molecule has 4 atom stereocenters. The van der Waals surface area contributed by atoms with Crippen LogP contribution in [-0.4, -0.2) is 76.1 Å². The van der Waals surface area contributed by atoms with Gasteiger partial charge in [0.2, 0.25) is 17.6 Å². The Morgan fingerprint density at radius 3 is 2.74 bits per heavy atom. The first-order valence-corrected chi connectivity index (χ1v) is 17.8. The first-order valence-electron chi connectivity index (χ1n) is 16.9. The molecule has 11 heteroatoms. The molecule has 3 aliphatic carbocycles. The summed E-state index contributed by atoms with van der Waals surface area (Å²) in [5.41, 5.74) is 9.14. The molecule has 2 saturated carbocycles. The lowest BCUT2D eigenvalue weighted by Crippen LogP contribution is -2.50. The number of amides is 1. The number of anilines is 2. The van der Waals surface area contributed by atoms with Crippen molar-refractivity contribution in [1.29, 1.82) is 5.26 Å². The first-order chi connectivity index (χ1) is 22.4. The minimum absolute atomic E-state index is 0.0232. The van der Waals surface area contributed by atoms with Crippen LogP contribution in [0.5, 0.6) is 0 Å². The summed E-state index contributed by atoms with van der Waals surface area (Å²) in [4.78, 5) is 30.8. The zero-order chi connectivity index (χ0) is 31.6. The van der Waals surface area contributed by atoms with Crippen molar-refractivity contribution in [3.8, 4) is 17.6 Å². The molecular formula is C35H42N8O2S. The number of pyridine rings is 1. The zero-order valence-corrected chi connectivity index (χ0v) is 27.4. The van der Waals surface area contributed by atoms with Gasteiger partial charge < -0.3 is 20.1 Å². The molecule has 0 spiro atoms. The normalized spacial score (nSPS) is 28.0. The Labute approximate surface area is 274 Å². The van der Waals surface area contributed by atoms with Crippen molar-refractivity contribution in [1.82, 2.24) is 24.9 Å². The number of piperazine rings is 1. The standard InChI is InChI=1S/C35H42N8O2S/c1-3-30(44)43-19-22-15-24(26(22)20-43)21-16-27(38-29(17-21)42-13-11-41(12-14-42)23-7-4-5-8-23)33-39-34(45-40-33)35(2)10-6-9-28-31(35)25(18-36)32(37)46-28/h3,16-17,22-24,26H,1,4-15,19-20,37H2,2H3/t22-,24?,26+,35?/m0/s1. The van der Waals surface area contributed by atoms with E-state index in [0.717, 1.165) is 87.3 Å². The largest absolute Gasteiger partial charge is 0.389 e. The highest BCUT2D eigenvalue weighted by molar-refractivity contribution is 7.16.